The van der Waals surface area contributed by atoms with Crippen LogP contribution < -0.4 is 5.48 Å². The summed E-state index contributed by atoms with van der Waals surface area (Å²) in [6.45, 7) is 0.521. The third-order valence-corrected chi connectivity index (χ3v) is 1.56. The van der Waals surface area contributed by atoms with Gasteiger partial charge in [-0.05, 0) is 12.1 Å². The van der Waals surface area contributed by atoms with E-state index < -0.39 is 0 Å². The lowest BCUT2D eigenvalue weighted by molar-refractivity contribution is 0.0593. The highest BCUT2D eigenvalue weighted by molar-refractivity contribution is 5.87. The number of hydroxylamine groups is 1. The molecule has 0 bridgehead atoms. The minimum Gasteiger partial charge on any atom is -0.464 e. The van der Waals surface area contributed by atoms with Crippen LogP contribution in [0.1, 0.15) is 16.2 Å². The normalized spacial score (nSPS) is 10.0. The maximum Gasteiger partial charge on any atom is 0.354 e. The molecule has 0 aromatic carbocycles. The fraction of sp³-hybridized carbons (Fsp3) is 0.375. The topological polar surface area (TPSA) is 63.4 Å². The Bertz CT molecular complexity index is 283. The Hall–Kier alpha value is -1.33. The molecule has 0 fully saturated rings. The molecule has 0 spiro atoms. The molecule has 0 saturated carbocycles. The fourth-order valence-corrected chi connectivity index (χ4v) is 0.922. The minimum absolute atomic E-state index is 0.372. The van der Waals surface area contributed by atoms with E-state index in [0.29, 0.717) is 12.2 Å². The summed E-state index contributed by atoms with van der Waals surface area (Å²) in [5, 5.41) is 0. The number of H-pyrrole nitrogens is 1. The maximum atomic E-state index is 11.0. The van der Waals surface area contributed by atoms with Gasteiger partial charge in [0, 0.05) is 5.69 Å². The number of carbonyl (C=O) groups is 1. The molecule has 13 heavy (non-hydrogen) atoms. The predicted octanol–water partition coefficient (Wildman–Crippen LogP) is 0.452. The van der Waals surface area contributed by atoms with Gasteiger partial charge in [0.05, 0.1) is 20.8 Å². The Morgan fingerprint density at radius 3 is 2.92 bits per heavy atom. The third-order valence-electron chi connectivity index (χ3n) is 1.56. The summed E-state index contributed by atoms with van der Waals surface area (Å²) < 4.78 is 4.53. The molecule has 0 aliphatic carbocycles. The maximum absolute atomic E-state index is 11.0. The molecule has 1 heterocycles. The molecule has 0 aliphatic rings. The van der Waals surface area contributed by atoms with Gasteiger partial charge in [-0.3, -0.25) is 0 Å². The van der Waals surface area contributed by atoms with Crippen LogP contribution in [-0.4, -0.2) is 25.2 Å². The van der Waals surface area contributed by atoms with Crippen LogP contribution in [0.5, 0.6) is 0 Å². The molecule has 0 radical (unpaired) electrons. The number of rotatable bonds is 4. The number of aromatic nitrogens is 1. The van der Waals surface area contributed by atoms with Crippen LogP contribution in [0.3, 0.4) is 0 Å². The van der Waals surface area contributed by atoms with Crippen molar-refractivity contribution >= 4 is 5.97 Å². The molecular weight excluding hydrogens is 172 g/mol. The number of ether oxygens (including phenoxy) is 1. The second-order valence-corrected chi connectivity index (χ2v) is 2.41. The van der Waals surface area contributed by atoms with E-state index in [9.17, 15) is 4.79 Å². The lowest BCUT2D eigenvalue weighted by Gasteiger charge is -1.98. The zero-order valence-corrected chi connectivity index (χ0v) is 7.59. The molecule has 2 N–H and O–H groups in total. The van der Waals surface area contributed by atoms with Crippen LogP contribution in [0.25, 0.3) is 0 Å². The Kier molecular flexibility index (Phi) is 3.48. The average molecular weight is 184 g/mol. The highest BCUT2D eigenvalue weighted by Crippen LogP contribution is 2.02. The standard InChI is InChI=1S/C8H12N2O3/c1-12-8(11)7-4-3-6(10-7)5-9-13-2/h3-4,9-10H,5H2,1-2H3. The van der Waals surface area contributed by atoms with Crippen molar-refractivity contribution in [2.24, 2.45) is 0 Å². The molecule has 0 atom stereocenters. The average Bonchev–Trinajstić information content (AvgIpc) is 2.62. The number of methoxy groups -OCH3 is 1. The largest absolute Gasteiger partial charge is 0.464 e. The van der Waals surface area contributed by atoms with Crippen molar-refractivity contribution in [3.63, 3.8) is 0 Å². The second-order valence-electron chi connectivity index (χ2n) is 2.41. The summed E-state index contributed by atoms with van der Waals surface area (Å²) in [5.41, 5.74) is 3.95. The first-order valence-corrected chi connectivity index (χ1v) is 3.80. The van der Waals surface area contributed by atoms with E-state index in [1.807, 2.05) is 0 Å². The number of hydrogen-bond donors (Lipinski definition) is 2. The predicted molar refractivity (Wildman–Crippen MR) is 46.0 cm³/mol. The molecule has 0 aliphatic heterocycles. The van der Waals surface area contributed by atoms with Crippen molar-refractivity contribution in [2.45, 2.75) is 6.54 Å². The van der Waals surface area contributed by atoms with Crippen molar-refractivity contribution in [1.82, 2.24) is 10.5 Å². The van der Waals surface area contributed by atoms with E-state index in [0.717, 1.165) is 5.69 Å². The number of aromatic amines is 1. The Morgan fingerprint density at radius 1 is 1.54 bits per heavy atom. The Morgan fingerprint density at radius 2 is 2.31 bits per heavy atom. The SMILES string of the molecule is CONCc1ccc(C(=O)OC)[nH]1. The molecule has 1 aromatic heterocycles. The van der Waals surface area contributed by atoms with Gasteiger partial charge in [-0.1, -0.05) is 0 Å². The quantitative estimate of drug-likeness (QED) is 0.527. The molecule has 72 valence electrons. The van der Waals surface area contributed by atoms with E-state index in [1.54, 1.807) is 12.1 Å². The van der Waals surface area contributed by atoms with Gasteiger partial charge in [-0.15, -0.1) is 0 Å². The van der Waals surface area contributed by atoms with Gasteiger partial charge < -0.3 is 14.6 Å². The van der Waals surface area contributed by atoms with Crippen LogP contribution in [0.4, 0.5) is 0 Å². The second kappa shape index (κ2) is 4.64. The van der Waals surface area contributed by atoms with Crippen molar-refractivity contribution < 1.29 is 14.4 Å². The Balaban J connectivity index is 2.58. The van der Waals surface area contributed by atoms with Crippen molar-refractivity contribution in [2.75, 3.05) is 14.2 Å². The monoisotopic (exact) mass is 184 g/mol. The highest BCUT2D eigenvalue weighted by Gasteiger charge is 2.06. The van der Waals surface area contributed by atoms with Crippen LogP contribution in [-0.2, 0) is 16.1 Å². The first-order valence-electron chi connectivity index (χ1n) is 3.80. The molecule has 1 rings (SSSR count). The molecule has 0 saturated heterocycles. The summed E-state index contributed by atoms with van der Waals surface area (Å²) in [6.07, 6.45) is 0. The molecule has 5 heteroatoms. The van der Waals surface area contributed by atoms with Crippen LogP contribution in [0, 0.1) is 0 Å². The van der Waals surface area contributed by atoms with E-state index >= 15 is 0 Å². The molecule has 0 unspecified atom stereocenters. The number of nitrogens with one attached hydrogen (secondary N) is 2. The zero-order chi connectivity index (χ0) is 9.68. The van der Waals surface area contributed by atoms with Gasteiger partial charge in [-0.25, -0.2) is 4.79 Å². The van der Waals surface area contributed by atoms with Gasteiger partial charge in [0.15, 0.2) is 0 Å². The fourth-order valence-electron chi connectivity index (χ4n) is 0.922. The highest BCUT2D eigenvalue weighted by atomic mass is 16.6. The van der Waals surface area contributed by atoms with Gasteiger partial charge in [0.1, 0.15) is 5.69 Å². The molecule has 0 amide bonds. The van der Waals surface area contributed by atoms with Gasteiger partial charge in [0.25, 0.3) is 0 Å². The van der Waals surface area contributed by atoms with E-state index in [1.165, 1.54) is 14.2 Å². The van der Waals surface area contributed by atoms with Gasteiger partial charge in [0.2, 0.25) is 0 Å². The third kappa shape index (κ3) is 2.57. The van der Waals surface area contributed by atoms with Crippen molar-refractivity contribution in [1.29, 1.82) is 0 Å². The summed E-state index contributed by atoms with van der Waals surface area (Å²) in [4.78, 5) is 18.5. The number of hydrogen-bond acceptors (Lipinski definition) is 4. The van der Waals surface area contributed by atoms with Crippen LogP contribution >= 0.6 is 0 Å². The van der Waals surface area contributed by atoms with Crippen LogP contribution in [0.2, 0.25) is 0 Å². The summed E-state index contributed by atoms with van der Waals surface area (Å²) >= 11 is 0. The minimum atomic E-state index is -0.372. The number of esters is 1. The van der Waals surface area contributed by atoms with Crippen molar-refractivity contribution in [3.05, 3.63) is 23.5 Å². The molecule has 1 aromatic rings. The number of carbonyl (C=O) groups excluding carboxylic acids is 1. The molecular formula is C8H12N2O3. The summed E-state index contributed by atoms with van der Waals surface area (Å²) in [5.74, 6) is -0.372. The smallest absolute Gasteiger partial charge is 0.354 e. The first-order chi connectivity index (χ1) is 6.27. The van der Waals surface area contributed by atoms with E-state index in [-0.39, 0.29) is 5.97 Å². The summed E-state index contributed by atoms with van der Waals surface area (Å²) in [6, 6.07) is 3.46. The van der Waals surface area contributed by atoms with E-state index in [2.05, 4.69) is 20.0 Å². The zero-order valence-electron chi connectivity index (χ0n) is 7.59. The van der Waals surface area contributed by atoms with Crippen LogP contribution in [0.15, 0.2) is 12.1 Å². The first kappa shape index (κ1) is 9.76. The van der Waals surface area contributed by atoms with E-state index in [4.69, 9.17) is 0 Å². The van der Waals surface area contributed by atoms with Crippen molar-refractivity contribution in [3.8, 4) is 0 Å². The summed E-state index contributed by atoms with van der Waals surface area (Å²) in [7, 11) is 2.88. The lowest BCUT2D eigenvalue weighted by Crippen LogP contribution is -2.11. The molecule has 5 nitrogen and oxygen atoms in total. The Labute approximate surface area is 76.0 Å². The van der Waals surface area contributed by atoms with Gasteiger partial charge in [-0.2, -0.15) is 5.48 Å². The van der Waals surface area contributed by atoms with Gasteiger partial charge >= 0.3 is 5.97 Å². The lowest BCUT2D eigenvalue weighted by atomic mass is 10.4.